The summed E-state index contributed by atoms with van der Waals surface area (Å²) in [7, 11) is -2.63. The Balaban J connectivity index is 4.12. The summed E-state index contributed by atoms with van der Waals surface area (Å²) in [6.07, 6.45) is 1.11. The molecule has 86 valence electrons. The smallest absolute Gasteiger partial charge is 0.303 e. The van der Waals surface area contributed by atoms with Gasteiger partial charge in [0.2, 0.25) is 0 Å². The lowest BCUT2D eigenvalue weighted by Crippen LogP contribution is -2.39. The van der Waals surface area contributed by atoms with Gasteiger partial charge in [0, 0.05) is 0 Å². The van der Waals surface area contributed by atoms with E-state index in [4.69, 9.17) is 20.5 Å². The molecule has 0 saturated heterocycles. The first-order valence-electron chi connectivity index (χ1n) is 4.72. The lowest BCUT2D eigenvalue weighted by atomic mass is 10.2. The van der Waals surface area contributed by atoms with Crippen molar-refractivity contribution in [1.82, 2.24) is 0 Å². The fraction of sp³-hybridized carbons (Fsp3) is 1.00. The molecule has 0 aliphatic carbocycles. The van der Waals surface area contributed by atoms with Gasteiger partial charge in [-0.2, -0.15) is 0 Å². The average Bonchev–Trinajstić information content (AvgIpc) is 2.02. The van der Waals surface area contributed by atoms with Crippen molar-refractivity contribution in [3.05, 3.63) is 0 Å². The minimum absolute atomic E-state index is 0.556. The molecule has 6 heteroatoms. The number of hydrogen-bond donors (Lipinski definition) is 2. The van der Waals surface area contributed by atoms with Gasteiger partial charge in [0.15, 0.2) is 0 Å². The molecule has 0 aliphatic rings. The fourth-order valence-electron chi connectivity index (χ4n) is 0.546. The van der Waals surface area contributed by atoms with Gasteiger partial charge in [0.25, 0.3) is 0 Å². The highest BCUT2D eigenvalue weighted by molar-refractivity contribution is 7.33. The van der Waals surface area contributed by atoms with Crippen LogP contribution in [0.4, 0.5) is 0 Å². The molecular formula is C8H21N2O3P. The van der Waals surface area contributed by atoms with Crippen molar-refractivity contribution < 1.29 is 13.6 Å². The van der Waals surface area contributed by atoms with Gasteiger partial charge in [-0.15, -0.1) is 0 Å². The maximum absolute atomic E-state index is 11.4. The number of rotatable bonds is 6. The summed E-state index contributed by atoms with van der Waals surface area (Å²) in [6.45, 7) is 6.99. The molecule has 14 heavy (non-hydrogen) atoms. The van der Waals surface area contributed by atoms with Crippen molar-refractivity contribution in [3.63, 3.8) is 0 Å². The SMILES string of the molecule is CCC(C)(N)O[PH](=O)OC(C)(N)CC. The molecule has 0 bridgehead atoms. The van der Waals surface area contributed by atoms with E-state index in [9.17, 15) is 4.57 Å². The molecule has 0 aromatic carbocycles. The van der Waals surface area contributed by atoms with E-state index in [0.29, 0.717) is 12.8 Å². The zero-order chi connectivity index (χ0) is 11.4. The third kappa shape index (κ3) is 5.73. The predicted molar refractivity (Wildman–Crippen MR) is 56.9 cm³/mol. The predicted octanol–water partition coefficient (Wildman–Crippen LogP) is 1.58. The minimum atomic E-state index is -2.63. The lowest BCUT2D eigenvalue weighted by molar-refractivity contribution is 0.0302. The van der Waals surface area contributed by atoms with E-state index in [1.807, 2.05) is 13.8 Å². The molecule has 0 radical (unpaired) electrons. The highest BCUT2D eigenvalue weighted by Gasteiger charge is 2.25. The maximum atomic E-state index is 11.4. The summed E-state index contributed by atoms with van der Waals surface area (Å²) in [4.78, 5) is 0. The first kappa shape index (κ1) is 14.1. The van der Waals surface area contributed by atoms with Crippen molar-refractivity contribution in [3.8, 4) is 0 Å². The van der Waals surface area contributed by atoms with E-state index in [-0.39, 0.29) is 0 Å². The second kappa shape index (κ2) is 5.24. The van der Waals surface area contributed by atoms with Gasteiger partial charge in [-0.1, -0.05) is 13.8 Å². The van der Waals surface area contributed by atoms with E-state index >= 15 is 0 Å². The van der Waals surface area contributed by atoms with Gasteiger partial charge in [0.1, 0.15) is 11.4 Å². The molecule has 0 saturated carbocycles. The molecule has 0 aromatic rings. The van der Waals surface area contributed by atoms with Crippen molar-refractivity contribution in [2.24, 2.45) is 11.5 Å². The monoisotopic (exact) mass is 224 g/mol. The summed E-state index contributed by atoms with van der Waals surface area (Å²) in [5, 5.41) is 0. The first-order chi connectivity index (χ1) is 6.22. The fourth-order valence-corrected chi connectivity index (χ4v) is 1.64. The normalized spacial score (nSPS) is 22.4. The van der Waals surface area contributed by atoms with E-state index in [0.717, 1.165) is 0 Å². The van der Waals surface area contributed by atoms with E-state index in [2.05, 4.69) is 0 Å². The summed E-state index contributed by atoms with van der Waals surface area (Å²) in [5.74, 6) is 0. The molecule has 0 amide bonds. The van der Waals surface area contributed by atoms with E-state index in [1.165, 1.54) is 0 Å². The topological polar surface area (TPSA) is 87.6 Å². The van der Waals surface area contributed by atoms with Crippen LogP contribution in [0.5, 0.6) is 0 Å². The van der Waals surface area contributed by atoms with Crippen molar-refractivity contribution in [1.29, 1.82) is 0 Å². The number of hydrogen-bond acceptors (Lipinski definition) is 5. The van der Waals surface area contributed by atoms with Gasteiger partial charge < -0.3 is 11.5 Å². The van der Waals surface area contributed by atoms with Crippen LogP contribution in [-0.4, -0.2) is 11.4 Å². The third-order valence-corrected chi connectivity index (χ3v) is 3.30. The second-order valence-corrected chi connectivity index (χ2v) is 4.69. The Morgan fingerprint density at radius 1 is 1.07 bits per heavy atom. The van der Waals surface area contributed by atoms with Crippen LogP contribution in [0, 0.1) is 0 Å². The maximum Gasteiger partial charge on any atom is 0.322 e. The zero-order valence-corrected chi connectivity index (χ0v) is 10.3. The highest BCUT2D eigenvalue weighted by Crippen LogP contribution is 2.34. The zero-order valence-electron chi connectivity index (χ0n) is 9.29. The van der Waals surface area contributed by atoms with Crippen molar-refractivity contribution in [2.45, 2.75) is 52.0 Å². The van der Waals surface area contributed by atoms with Gasteiger partial charge >= 0.3 is 8.25 Å². The molecule has 0 heterocycles. The molecular weight excluding hydrogens is 203 g/mol. The van der Waals surface area contributed by atoms with Gasteiger partial charge in [0.05, 0.1) is 0 Å². The Kier molecular flexibility index (Phi) is 5.26. The van der Waals surface area contributed by atoms with Crippen molar-refractivity contribution in [2.75, 3.05) is 0 Å². The molecule has 4 N–H and O–H groups in total. The van der Waals surface area contributed by atoms with Gasteiger partial charge in [-0.3, -0.25) is 13.6 Å². The van der Waals surface area contributed by atoms with E-state index < -0.39 is 19.7 Å². The Hall–Kier alpha value is 0.0700. The molecule has 0 aliphatic heterocycles. The Morgan fingerprint density at radius 2 is 1.36 bits per heavy atom. The van der Waals surface area contributed by atoms with Crippen LogP contribution in [-0.2, 0) is 13.6 Å². The van der Waals surface area contributed by atoms with Crippen LogP contribution in [0.2, 0.25) is 0 Å². The molecule has 2 atom stereocenters. The van der Waals surface area contributed by atoms with Crippen LogP contribution in [0.25, 0.3) is 0 Å². The molecule has 0 rings (SSSR count). The van der Waals surface area contributed by atoms with Crippen LogP contribution in [0.1, 0.15) is 40.5 Å². The van der Waals surface area contributed by atoms with Crippen molar-refractivity contribution >= 4 is 8.25 Å². The first-order valence-corrected chi connectivity index (χ1v) is 5.94. The van der Waals surface area contributed by atoms with Crippen LogP contribution in [0.15, 0.2) is 0 Å². The summed E-state index contributed by atoms with van der Waals surface area (Å²) < 4.78 is 21.5. The Labute approximate surface area is 86.1 Å². The number of nitrogens with two attached hydrogens (primary N) is 2. The third-order valence-electron chi connectivity index (χ3n) is 2.04. The largest absolute Gasteiger partial charge is 0.322 e. The second-order valence-electron chi connectivity index (χ2n) is 3.79. The molecule has 0 fully saturated rings. The van der Waals surface area contributed by atoms with Gasteiger partial charge in [-0.05, 0) is 26.7 Å². The van der Waals surface area contributed by atoms with Crippen LogP contribution >= 0.6 is 8.25 Å². The molecule has 0 spiro atoms. The molecule has 5 nitrogen and oxygen atoms in total. The Bertz CT molecular complexity index is 187. The van der Waals surface area contributed by atoms with Crippen LogP contribution in [0.3, 0.4) is 0 Å². The van der Waals surface area contributed by atoms with E-state index in [1.54, 1.807) is 13.8 Å². The summed E-state index contributed by atoms with van der Waals surface area (Å²) in [5.41, 5.74) is 9.49. The summed E-state index contributed by atoms with van der Waals surface area (Å²) >= 11 is 0. The standard InChI is InChI=1S/C8H21N2O3P/c1-5-7(3,9)12-14(11)13-8(4,10)6-2/h14H,5-6,9-10H2,1-4H3. The summed E-state index contributed by atoms with van der Waals surface area (Å²) in [6, 6.07) is 0. The quantitative estimate of drug-likeness (QED) is 0.528. The average molecular weight is 224 g/mol. The van der Waals surface area contributed by atoms with Gasteiger partial charge in [-0.25, -0.2) is 0 Å². The molecule has 0 aromatic heterocycles. The Morgan fingerprint density at radius 3 is 1.57 bits per heavy atom. The van der Waals surface area contributed by atoms with Crippen LogP contribution < -0.4 is 11.5 Å². The minimum Gasteiger partial charge on any atom is -0.303 e. The molecule has 2 unspecified atom stereocenters. The highest BCUT2D eigenvalue weighted by atomic mass is 31.1. The lowest BCUT2D eigenvalue weighted by Gasteiger charge is -2.27.